The van der Waals surface area contributed by atoms with Crippen molar-refractivity contribution in [3.8, 4) is 6.07 Å². The van der Waals surface area contributed by atoms with Crippen LogP contribution in [0.25, 0.3) is 0 Å². The Labute approximate surface area is 96.0 Å². The first-order valence-electron chi connectivity index (χ1n) is 5.30. The zero-order valence-electron chi connectivity index (χ0n) is 9.49. The minimum absolute atomic E-state index is 0.518. The van der Waals surface area contributed by atoms with Gasteiger partial charge in [-0.1, -0.05) is 0 Å². The third-order valence-electron chi connectivity index (χ3n) is 2.28. The summed E-state index contributed by atoms with van der Waals surface area (Å²) >= 11 is 0. The summed E-state index contributed by atoms with van der Waals surface area (Å²) in [5.41, 5.74) is 7.69. The second kappa shape index (κ2) is 6.70. The van der Waals surface area contributed by atoms with Crippen LogP contribution in [0.3, 0.4) is 0 Å². The average molecular weight is 219 g/mol. The van der Waals surface area contributed by atoms with Gasteiger partial charge in [0.25, 0.3) is 0 Å². The number of methoxy groups -OCH3 is 1. The molecular formula is C12H17N3O. The molecule has 0 aliphatic carbocycles. The van der Waals surface area contributed by atoms with E-state index in [0.29, 0.717) is 11.3 Å². The molecular weight excluding hydrogens is 202 g/mol. The first-order chi connectivity index (χ1) is 7.77. The van der Waals surface area contributed by atoms with Gasteiger partial charge in [0.05, 0.1) is 11.3 Å². The minimum Gasteiger partial charge on any atom is -0.398 e. The molecule has 0 atom stereocenters. The standard InChI is InChI=1S/C12H17N3O/c1-16-7-3-2-6-15-11-5-4-10(9-13)12(14)8-11/h4-5,8,15H,2-3,6-7,14H2,1H3. The Morgan fingerprint density at radius 1 is 1.44 bits per heavy atom. The normalized spacial score (nSPS) is 9.75. The van der Waals surface area contributed by atoms with Gasteiger partial charge in [-0.3, -0.25) is 0 Å². The lowest BCUT2D eigenvalue weighted by atomic mass is 10.2. The van der Waals surface area contributed by atoms with Crippen molar-refractivity contribution in [3.63, 3.8) is 0 Å². The van der Waals surface area contributed by atoms with E-state index in [9.17, 15) is 0 Å². The van der Waals surface area contributed by atoms with Gasteiger partial charge in [0.15, 0.2) is 0 Å². The van der Waals surface area contributed by atoms with Crippen LogP contribution in [0.5, 0.6) is 0 Å². The highest BCUT2D eigenvalue weighted by atomic mass is 16.5. The highest BCUT2D eigenvalue weighted by Gasteiger charge is 1.98. The lowest BCUT2D eigenvalue weighted by molar-refractivity contribution is 0.194. The number of hydrogen-bond donors (Lipinski definition) is 2. The molecule has 0 aliphatic rings. The summed E-state index contributed by atoms with van der Waals surface area (Å²) in [6, 6.07) is 7.42. The van der Waals surface area contributed by atoms with Gasteiger partial charge in [-0.25, -0.2) is 0 Å². The fraction of sp³-hybridized carbons (Fsp3) is 0.417. The van der Waals surface area contributed by atoms with E-state index in [1.54, 1.807) is 19.2 Å². The first kappa shape index (κ1) is 12.3. The van der Waals surface area contributed by atoms with Gasteiger partial charge in [-0.05, 0) is 31.0 Å². The Balaban J connectivity index is 2.38. The molecule has 0 saturated carbocycles. The molecule has 0 bridgehead atoms. The summed E-state index contributed by atoms with van der Waals surface area (Å²) in [5.74, 6) is 0. The molecule has 0 aromatic heterocycles. The van der Waals surface area contributed by atoms with E-state index in [0.717, 1.165) is 31.7 Å². The predicted octanol–water partition coefficient (Wildman–Crippen LogP) is 1.98. The quantitative estimate of drug-likeness (QED) is 0.567. The number of benzene rings is 1. The summed E-state index contributed by atoms with van der Waals surface area (Å²) in [7, 11) is 1.70. The maximum atomic E-state index is 8.72. The van der Waals surface area contributed by atoms with Crippen LogP contribution < -0.4 is 11.1 Å². The molecule has 0 aliphatic heterocycles. The van der Waals surface area contributed by atoms with Gasteiger partial charge in [0.1, 0.15) is 6.07 Å². The van der Waals surface area contributed by atoms with Crippen LogP contribution in [0.2, 0.25) is 0 Å². The maximum Gasteiger partial charge on any atom is 0.101 e. The Kier molecular flexibility index (Phi) is 5.17. The van der Waals surface area contributed by atoms with Crippen molar-refractivity contribution in [1.29, 1.82) is 5.26 Å². The smallest absolute Gasteiger partial charge is 0.101 e. The molecule has 86 valence electrons. The number of nitrogens with zero attached hydrogens (tertiary/aromatic N) is 1. The van der Waals surface area contributed by atoms with E-state index in [2.05, 4.69) is 5.32 Å². The number of unbranched alkanes of at least 4 members (excludes halogenated alkanes) is 1. The number of rotatable bonds is 6. The lowest BCUT2D eigenvalue weighted by Crippen LogP contribution is -2.03. The third kappa shape index (κ3) is 3.79. The number of ether oxygens (including phenoxy) is 1. The molecule has 0 heterocycles. The molecule has 3 N–H and O–H groups in total. The molecule has 0 radical (unpaired) electrons. The van der Waals surface area contributed by atoms with Crippen molar-refractivity contribution in [2.75, 3.05) is 31.3 Å². The average Bonchev–Trinajstić information content (AvgIpc) is 2.29. The summed E-state index contributed by atoms with van der Waals surface area (Å²) in [6.45, 7) is 1.67. The van der Waals surface area contributed by atoms with E-state index < -0.39 is 0 Å². The molecule has 0 saturated heterocycles. The van der Waals surface area contributed by atoms with E-state index in [-0.39, 0.29) is 0 Å². The Morgan fingerprint density at radius 3 is 2.88 bits per heavy atom. The maximum absolute atomic E-state index is 8.72. The molecule has 0 unspecified atom stereocenters. The van der Waals surface area contributed by atoms with Crippen molar-refractivity contribution in [2.24, 2.45) is 0 Å². The van der Waals surface area contributed by atoms with Crippen molar-refractivity contribution in [2.45, 2.75) is 12.8 Å². The predicted molar refractivity (Wildman–Crippen MR) is 65.2 cm³/mol. The highest BCUT2D eigenvalue weighted by molar-refractivity contribution is 5.62. The second-order valence-corrected chi connectivity index (χ2v) is 3.54. The van der Waals surface area contributed by atoms with Gasteiger partial charge in [-0.15, -0.1) is 0 Å². The van der Waals surface area contributed by atoms with Crippen molar-refractivity contribution in [3.05, 3.63) is 23.8 Å². The summed E-state index contributed by atoms with van der Waals surface area (Å²) in [4.78, 5) is 0. The minimum atomic E-state index is 0.518. The number of nitrogens with one attached hydrogen (secondary N) is 1. The van der Waals surface area contributed by atoms with E-state index >= 15 is 0 Å². The molecule has 4 nitrogen and oxygen atoms in total. The van der Waals surface area contributed by atoms with Crippen molar-refractivity contribution < 1.29 is 4.74 Å². The van der Waals surface area contributed by atoms with Crippen LogP contribution >= 0.6 is 0 Å². The molecule has 16 heavy (non-hydrogen) atoms. The fourth-order valence-electron chi connectivity index (χ4n) is 1.38. The molecule has 0 fully saturated rings. The van der Waals surface area contributed by atoms with Crippen molar-refractivity contribution >= 4 is 11.4 Å². The SMILES string of the molecule is COCCCCNc1ccc(C#N)c(N)c1. The zero-order chi connectivity index (χ0) is 11.8. The van der Waals surface area contributed by atoms with Crippen molar-refractivity contribution in [1.82, 2.24) is 0 Å². The number of nitrogen functional groups attached to an aromatic ring is 1. The molecule has 1 aromatic carbocycles. The largest absolute Gasteiger partial charge is 0.398 e. The van der Waals surface area contributed by atoms with Gasteiger partial charge in [0.2, 0.25) is 0 Å². The highest BCUT2D eigenvalue weighted by Crippen LogP contribution is 2.16. The monoisotopic (exact) mass is 219 g/mol. The Bertz CT molecular complexity index is 371. The number of nitriles is 1. The van der Waals surface area contributed by atoms with Gasteiger partial charge in [-0.2, -0.15) is 5.26 Å². The molecule has 0 spiro atoms. The van der Waals surface area contributed by atoms with Crippen LogP contribution in [0.15, 0.2) is 18.2 Å². The van der Waals surface area contributed by atoms with Crippen LogP contribution in [0, 0.1) is 11.3 Å². The topological polar surface area (TPSA) is 71.1 Å². The van der Waals surface area contributed by atoms with Gasteiger partial charge < -0.3 is 15.8 Å². The van der Waals surface area contributed by atoms with E-state index in [4.69, 9.17) is 15.7 Å². The van der Waals surface area contributed by atoms with Crippen LogP contribution in [-0.4, -0.2) is 20.3 Å². The number of anilines is 2. The number of hydrogen-bond acceptors (Lipinski definition) is 4. The Hall–Kier alpha value is -1.73. The molecule has 0 amide bonds. The van der Waals surface area contributed by atoms with Gasteiger partial charge >= 0.3 is 0 Å². The van der Waals surface area contributed by atoms with E-state index in [1.807, 2.05) is 12.1 Å². The van der Waals surface area contributed by atoms with E-state index in [1.165, 1.54) is 0 Å². The second-order valence-electron chi connectivity index (χ2n) is 3.54. The Morgan fingerprint density at radius 2 is 2.25 bits per heavy atom. The summed E-state index contributed by atoms with van der Waals surface area (Å²) in [5, 5.41) is 12.0. The fourth-order valence-corrected chi connectivity index (χ4v) is 1.38. The van der Waals surface area contributed by atoms with Crippen LogP contribution in [0.4, 0.5) is 11.4 Å². The zero-order valence-corrected chi connectivity index (χ0v) is 9.49. The molecule has 1 rings (SSSR count). The van der Waals surface area contributed by atoms with Crippen LogP contribution in [-0.2, 0) is 4.74 Å². The van der Waals surface area contributed by atoms with Crippen LogP contribution in [0.1, 0.15) is 18.4 Å². The summed E-state index contributed by atoms with van der Waals surface area (Å²) in [6.07, 6.45) is 2.09. The third-order valence-corrected chi connectivity index (χ3v) is 2.28. The molecule has 4 heteroatoms. The first-order valence-corrected chi connectivity index (χ1v) is 5.30. The molecule has 1 aromatic rings. The van der Waals surface area contributed by atoms with Gasteiger partial charge in [0, 0.05) is 25.9 Å². The summed E-state index contributed by atoms with van der Waals surface area (Å²) < 4.78 is 4.96. The number of nitrogens with two attached hydrogens (primary N) is 1. The lowest BCUT2D eigenvalue weighted by Gasteiger charge is -2.07.